The van der Waals surface area contributed by atoms with Crippen LogP contribution < -0.4 is 10.6 Å². The van der Waals surface area contributed by atoms with Gasteiger partial charge < -0.3 is 10.6 Å². The summed E-state index contributed by atoms with van der Waals surface area (Å²) >= 11 is 0. The summed E-state index contributed by atoms with van der Waals surface area (Å²) in [6, 6.07) is -0.384. The Labute approximate surface area is 130 Å². The quantitative estimate of drug-likeness (QED) is 0.809. The van der Waals surface area contributed by atoms with Crippen molar-refractivity contribution in [3.8, 4) is 0 Å². The number of aryl methyl sites for hydroxylation is 3. The summed E-state index contributed by atoms with van der Waals surface area (Å²) in [6.45, 7) is 4.63. The molecule has 120 valence electrons. The first-order valence-corrected chi connectivity index (χ1v) is 7.36. The third-order valence-corrected chi connectivity index (χ3v) is 3.94. The molecule has 2 aromatic heterocycles. The van der Waals surface area contributed by atoms with E-state index in [9.17, 15) is 4.79 Å². The number of nitrogens with one attached hydrogen (secondary N) is 2. The Kier molecular flexibility index (Phi) is 4.97. The minimum Gasteiger partial charge on any atom is -0.354 e. The first kappa shape index (κ1) is 16.2. The lowest BCUT2D eigenvalue weighted by Gasteiger charge is -2.14. The maximum Gasteiger partial charge on any atom is 0.241 e. The zero-order valence-corrected chi connectivity index (χ0v) is 13.8. The Hall–Kier alpha value is -2.15. The van der Waals surface area contributed by atoms with Gasteiger partial charge in [0.15, 0.2) is 0 Å². The first-order chi connectivity index (χ1) is 10.4. The van der Waals surface area contributed by atoms with E-state index in [4.69, 9.17) is 0 Å². The molecule has 0 saturated carbocycles. The van der Waals surface area contributed by atoms with Crippen molar-refractivity contribution >= 4 is 5.91 Å². The molecule has 1 amide bonds. The van der Waals surface area contributed by atoms with Crippen molar-refractivity contribution in [2.45, 2.75) is 26.3 Å². The highest BCUT2D eigenvalue weighted by Gasteiger charge is 2.20. The van der Waals surface area contributed by atoms with Crippen LogP contribution in [0, 0.1) is 13.8 Å². The molecular formula is C15H24N6O. The highest BCUT2D eigenvalue weighted by molar-refractivity contribution is 5.83. The molecule has 0 spiro atoms. The maximum absolute atomic E-state index is 12.3. The summed E-state index contributed by atoms with van der Waals surface area (Å²) in [5, 5.41) is 14.5. The molecule has 0 bridgehead atoms. The van der Waals surface area contributed by atoms with Gasteiger partial charge in [0.2, 0.25) is 5.91 Å². The molecular weight excluding hydrogens is 280 g/mol. The van der Waals surface area contributed by atoms with Crippen LogP contribution in [0.15, 0.2) is 12.4 Å². The lowest BCUT2D eigenvalue weighted by Crippen LogP contribution is -2.36. The van der Waals surface area contributed by atoms with Gasteiger partial charge in [0.25, 0.3) is 0 Å². The van der Waals surface area contributed by atoms with Gasteiger partial charge in [0.1, 0.15) is 6.04 Å². The van der Waals surface area contributed by atoms with E-state index in [1.54, 1.807) is 17.9 Å². The second-order valence-corrected chi connectivity index (χ2v) is 5.48. The number of carbonyl (C=O) groups excluding carboxylic acids is 1. The van der Waals surface area contributed by atoms with Gasteiger partial charge in [-0.15, -0.1) is 0 Å². The third-order valence-electron chi connectivity index (χ3n) is 3.94. The number of hydrogen-bond acceptors (Lipinski definition) is 4. The minimum absolute atomic E-state index is 0.0466. The molecule has 0 aliphatic rings. The van der Waals surface area contributed by atoms with E-state index in [1.165, 1.54) is 5.56 Å². The summed E-state index contributed by atoms with van der Waals surface area (Å²) in [5.74, 6) is -0.0466. The number of carbonyl (C=O) groups is 1. The number of hydrogen-bond donors (Lipinski definition) is 2. The van der Waals surface area contributed by atoms with Crippen LogP contribution in [0.5, 0.6) is 0 Å². The Morgan fingerprint density at radius 2 is 2.09 bits per heavy atom. The van der Waals surface area contributed by atoms with Crippen LogP contribution in [-0.2, 0) is 25.3 Å². The summed E-state index contributed by atoms with van der Waals surface area (Å²) in [5.41, 5.74) is 4.22. The van der Waals surface area contributed by atoms with Crippen molar-refractivity contribution in [2.75, 3.05) is 13.6 Å². The Morgan fingerprint density at radius 1 is 1.36 bits per heavy atom. The number of likely N-dealkylation sites (N-methyl/N-ethyl adjacent to an activating group) is 1. The Morgan fingerprint density at radius 3 is 2.59 bits per heavy atom. The number of rotatable bonds is 6. The molecule has 0 saturated heterocycles. The van der Waals surface area contributed by atoms with E-state index in [0.717, 1.165) is 23.4 Å². The zero-order valence-electron chi connectivity index (χ0n) is 13.8. The predicted molar refractivity (Wildman–Crippen MR) is 84.4 cm³/mol. The fourth-order valence-electron chi connectivity index (χ4n) is 2.63. The summed E-state index contributed by atoms with van der Waals surface area (Å²) in [7, 11) is 5.54. The van der Waals surface area contributed by atoms with Crippen LogP contribution in [0.25, 0.3) is 0 Å². The highest BCUT2D eigenvalue weighted by atomic mass is 16.2. The van der Waals surface area contributed by atoms with Crippen LogP contribution in [0.4, 0.5) is 0 Å². The monoisotopic (exact) mass is 304 g/mol. The summed E-state index contributed by atoms with van der Waals surface area (Å²) in [4.78, 5) is 12.3. The standard InChI is InChI=1S/C15H24N6O/c1-10-13(11(2)21(5)19-10)6-7-17-15(22)14(16-3)12-8-18-20(4)9-12/h8-9,14,16H,6-7H2,1-5H3,(H,17,22). The number of nitrogens with zero attached hydrogens (tertiary/aromatic N) is 4. The zero-order chi connectivity index (χ0) is 16.3. The van der Waals surface area contributed by atoms with Crippen LogP contribution in [-0.4, -0.2) is 39.1 Å². The van der Waals surface area contributed by atoms with Gasteiger partial charge >= 0.3 is 0 Å². The Balaban J connectivity index is 1.94. The largest absolute Gasteiger partial charge is 0.354 e. The van der Waals surface area contributed by atoms with Crippen LogP contribution >= 0.6 is 0 Å². The maximum atomic E-state index is 12.3. The SMILES string of the molecule is CNC(C(=O)NCCc1c(C)nn(C)c1C)c1cnn(C)c1. The molecule has 7 heteroatoms. The normalized spacial score (nSPS) is 12.4. The predicted octanol–water partition coefficient (Wildman–Crippen LogP) is 0.390. The van der Waals surface area contributed by atoms with Gasteiger partial charge in [0, 0.05) is 38.1 Å². The smallest absolute Gasteiger partial charge is 0.241 e. The molecule has 0 aliphatic heterocycles. The third kappa shape index (κ3) is 3.36. The van der Waals surface area contributed by atoms with Gasteiger partial charge in [-0.25, -0.2) is 0 Å². The highest BCUT2D eigenvalue weighted by Crippen LogP contribution is 2.13. The minimum atomic E-state index is -0.384. The van der Waals surface area contributed by atoms with Crippen LogP contribution in [0.1, 0.15) is 28.6 Å². The molecule has 1 unspecified atom stereocenters. The van der Waals surface area contributed by atoms with Crippen LogP contribution in [0.2, 0.25) is 0 Å². The molecule has 0 fully saturated rings. The molecule has 2 aromatic rings. The van der Waals surface area contributed by atoms with E-state index in [2.05, 4.69) is 20.8 Å². The molecule has 2 N–H and O–H groups in total. The van der Waals surface area contributed by atoms with Gasteiger partial charge in [-0.1, -0.05) is 0 Å². The summed E-state index contributed by atoms with van der Waals surface area (Å²) in [6.07, 6.45) is 4.33. The molecule has 22 heavy (non-hydrogen) atoms. The van der Waals surface area contributed by atoms with Gasteiger partial charge in [-0.3, -0.25) is 14.2 Å². The molecule has 0 aliphatic carbocycles. The lowest BCUT2D eigenvalue weighted by atomic mass is 10.1. The van der Waals surface area contributed by atoms with Crippen LogP contribution in [0.3, 0.4) is 0 Å². The molecule has 7 nitrogen and oxygen atoms in total. The van der Waals surface area contributed by atoms with Crippen molar-refractivity contribution < 1.29 is 4.79 Å². The number of aromatic nitrogens is 4. The van der Waals surface area contributed by atoms with E-state index >= 15 is 0 Å². The number of amides is 1. The molecule has 0 radical (unpaired) electrons. The van der Waals surface area contributed by atoms with E-state index in [1.807, 2.05) is 38.8 Å². The van der Waals surface area contributed by atoms with E-state index in [0.29, 0.717) is 6.54 Å². The van der Waals surface area contributed by atoms with Crippen molar-refractivity contribution in [2.24, 2.45) is 14.1 Å². The topological polar surface area (TPSA) is 76.8 Å². The van der Waals surface area contributed by atoms with Gasteiger partial charge in [-0.2, -0.15) is 10.2 Å². The molecule has 2 rings (SSSR count). The van der Waals surface area contributed by atoms with Gasteiger partial charge in [0.05, 0.1) is 11.9 Å². The second kappa shape index (κ2) is 6.74. The van der Waals surface area contributed by atoms with E-state index < -0.39 is 0 Å². The Bertz CT molecular complexity index is 657. The van der Waals surface area contributed by atoms with Crippen molar-refractivity contribution in [1.29, 1.82) is 0 Å². The average Bonchev–Trinajstić information content (AvgIpc) is 2.98. The molecule has 2 heterocycles. The molecule has 1 atom stereocenters. The first-order valence-electron chi connectivity index (χ1n) is 7.36. The lowest BCUT2D eigenvalue weighted by molar-refractivity contribution is -0.123. The van der Waals surface area contributed by atoms with Gasteiger partial charge in [-0.05, 0) is 32.9 Å². The molecule has 0 aromatic carbocycles. The fourth-order valence-corrected chi connectivity index (χ4v) is 2.63. The van der Waals surface area contributed by atoms with Crippen molar-refractivity contribution in [3.63, 3.8) is 0 Å². The summed E-state index contributed by atoms with van der Waals surface area (Å²) < 4.78 is 3.56. The average molecular weight is 304 g/mol. The van der Waals surface area contributed by atoms with Crippen molar-refractivity contribution in [3.05, 3.63) is 34.9 Å². The van der Waals surface area contributed by atoms with E-state index in [-0.39, 0.29) is 11.9 Å². The second-order valence-electron chi connectivity index (χ2n) is 5.48. The van der Waals surface area contributed by atoms with Crippen molar-refractivity contribution in [1.82, 2.24) is 30.2 Å². The fraction of sp³-hybridized carbons (Fsp3) is 0.533.